The zero-order chi connectivity index (χ0) is 12.7. The van der Waals surface area contributed by atoms with Crippen molar-refractivity contribution in [2.45, 2.75) is 38.3 Å². The first kappa shape index (κ1) is 14.4. The first-order chi connectivity index (χ1) is 8.13. The van der Waals surface area contributed by atoms with Gasteiger partial charge in [0.15, 0.2) is 0 Å². The van der Waals surface area contributed by atoms with Crippen LogP contribution in [0.5, 0.6) is 0 Å². The molecule has 1 fully saturated rings. The molecule has 1 aliphatic rings. The van der Waals surface area contributed by atoms with Gasteiger partial charge in [-0.3, -0.25) is 4.79 Å². The topological polar surface area (TPSA) is 70.6 Å². The number of rotatable bonds is 7. The minimum Gasteiger partial charge on any atom is -0.393 e. The van der Waals surface area contributed by atoms with Gasteiger partial charge < -0.3 is 20.5 Å². The highest BCUT2D eigenvalue weighted by Crippen LogP contribution is 2.24. The second kappa shape index (κ2) is 7.63. The maximum atomic E-state index is 11.6. The molecule has 1 saturated carbocycles. The molecule has 0 aromatic carbocycles. The molecule has 0 radical (unpaired) electrons. The van der Waals surface area contributed by atoms with Crippen LogP contribution in [0.4, 0.5) is 0 Å². The van der Waals surface area contributed by atoms with Crippen molar-refractivity contribution in [2.24, 2.45) is 5.92 Å². The predicted octanol–water partition coefficient (Wildman–Crippen LogP) is -0.112. The molecule has 0 spiro atoms. The normalized spacial score (nSPS) is 25.8. The molecule has 100 valence electrons. The molecule has 0 aromatic rings. The van der Waals surface area contributed by atoms with Crippen molar-refractivity contribution >= 4 is 5.91 Å². The van der Waals surface area contributed by atoms with Crippen LogP contribution in [-0.4, -0.2) is 50.0 Å². The van der Waals surface area contributed by atoms with Crippen molar-refractivity contribution in [2.75, 3.05) is 26.8 Å². The fourth-order valence-electron chi connectivity index (χ4n) is 2.10. The fraction of sp³-hybridized carbons (Fsp3) is 0.917. The summed E-state index contributed by atoms with van der Waals surface area (Å²) in [5.74, 6) is 0.500. The lowest BCUT2D eigenvalue weighted by atomic mass is 10.1. The maximum absolute atomic E-state index is 11.6. The first-order valence-electron chi connectivity index (χ1n) is 6.31. The molecule has 1 rings (SSSR count). The highest BCUT2D eigenvalue weighted by molar-refractivity contribution is 5.81. The Morgan fingerprint density at radius 1 is 1.53 bits per heavy atom. The Morgan fingerprint density at radius 3 is 2.88 bits per heavy atom. The third-order valence-corrected chi connectivity index (χ3v) is 3.22. The molecule has 17 heavy (non-hydrogen) atoms. The minimum absolute atomic E-state index is 0.000551. The van der Waals surface area contributed by atoms with Crippen LogP contribution in [0.1, 0.15) is 26.2 Å². The van der Waals surface area contributed by atoms with Crippen LogP contribution < -0.4 is 10.6 Å². The average Bonchev–Trinajstić information content (AvgIpc) is 2.72. The van der Waals surface area contributed by atoms with Crippen molar-refractivity contribution in [3.8, 4) is 0 Å². The van der Waals surface area contributed by atoms with E-state index in [9.17, 15) is 9.90 Å². The Kier molecular flexibility index (Phi) is 6.47. The summed E-state index contributed by atoms with van der Waals surface area (Å²) in [6, 6.07) is -0.190. The van der Waals surface area contributed by atoms with Crippen molar-refractivity contribution < 1.29 is 14.6 Å². The molecule has 1 aliphatic carbocycles. The van der Waals surface area contributed by atoms with Gasteiger partial charge in [0, 0.05) is 13.7 Å². The van der Waals surface area contributed by atoms with E-state index in [2.05, 4.69) is 10.6 Å². The van der Waals surface area contributed by atoms with E-state index in [-0.39, 0.29) is 18.1 Å². The Hall–Kier alpha value is -0.650. The number of carbonyl (C=O) groups excluding carboxylic acids is 1. The number of hydrogen-bond donors (Lipinski definition) is 3. The SMILES string of the molecule is COCCNC(=O)C(C)NCC1CCC(O)C1. The third kappa shape index (κ3) is 5.48. The molecule has 5 heteroatoms. The van der Waals surface area contributed by atoms with Crippen molar-refractivity contribution in [3.63, 3.8) is 0 Å². The lowest BCUT2D eigenvalue weighted by Gasteiger charge is -2.16. The molecule has 3 unspecified atom stereocenters. The number of aliphatic hydroxyl groups excluding tert-OH is 1. The molecule has 0 heterocycles. The summed E-state index contributed by atoms with van der Waals surface area (Å²) in [6.07, 6.45) is 2.64. The van der Waals surface area contributed by atoms with Gasteiger partial charge in [-0.1, -0.05) is 0 Å². The molecule has 0 aromatic heterocycles. The lowest BCUT2D eigenvalue weighted by molar-refractivity contribution is -0.123. The van der Waals surface area contributed by atoms with E-state index >= 15 is 0 Å². The van der Waals surface area contributed by atoms with Crippen LogP contribution in [0.3, 0.4) is 0 Å². The van der Waals surface area contributed by atoms with Gasteiger partial charge in [-0.25, -0.2) is 0 Å². The van der Waals surface area contributed by atoms with Crippen LogP contribution in [-0.2, 0) is 9.53 Å². The van der Waals surface area contributed by atoms with Crippen molar-refractivity contribution in [1.82, 2.24) is 10.6 Å². The van der Waals surface area contributed by atoms with Gasteiger partial charge in [0.1, 0.15) is 0 Å². The van der Waals surface area contributed by atoms with Gasteiger partial charge in [-0.05, 0) is 38.6 Å². The Labute approximate surface area is 103 Å². The number of methoxy groups -OCH3 is 1. The number of nitrogens with one attached hydrogen (secondary N) is 2. The lowest BCUT2D eigenvalue weighted by Crippen LogP contribution is -2.44. The maximum Gasteiger partial charge on any atom is 0.236 e. The fourth-order valence-corrected chi connectivity index (χ4v) is 2.10. The largest absolute Gasteiger partial charge is 0.393 e. The van der Waals surface area contributed by atoms with Crippen molar-refractivity contribution in [3.05, 3.63) is 0 Å². The Balaban J connectivity index is 2.11. The van der Waals surface area contributed by atoms with Gasteiger partial charge in [0.25, 0.3) is 0 Å². The summed E-state index contributed by atoms with van der Waals surface area (Å²) in [6.45, 7) is 3.74. The molecule has 1 amide bonds. The summed E-state index contributed by atoms with van der Waals surface area (Å²) in [5, 5.41) is 15.4. The van der Waals surface area contributed by atoms with Crippen LogP contribution in [0.15, 0.2) is 0 Å². The second-order valence-corrected chi connectivity index (χ2v) is 4.75. The van der Waals surface area contributed by atoms with E-state index < -0.39 is 0 Å². The first-order valence-corrected chi connectivity index (χ1v) is 6.31. The smallest absolute Gasteiger partial charge is 0.236 e. The van der Waals surface area contributed by atoms with Crippen molar-refractivity contribution in [1.29, 1.82) is 0 Å². The standard InChI is InChI=1S/C12H24N2O3/c1-9(12(16)13-5-6-17-2)14-8-10-3-4-11(15)7-10/h9-11,14-15H,3-8H2,1-2H3,(H,13,16). The Morgan fingerprint density at radius 2 is 2.29 bits per heavy atom. The summed E-state index contributed by atoms with van der Waals surface area (Å²) in [7, 11) is 1.61. The zero-order valence-electron chi connectivity index (χ0n) is 10.7. The van der Waals surface area contributed by atoms with E-state index in [1.807, 2.05) is 6.92 Å². The number of carbonyl (C=O) groups is 1. The number of ether oxygens (including phenoxy) is 1. The van der Waals surface area contributed by atoms with E-state index in [0.29, 0.717) is 19.1 Å². The van der Waals surface area contributed by atoms with Crippen LogP contribution in [0.2, 0.25) is 0 Å². The molecule has 3 atom stereocenters. The molecular formula is C12H24N2O3. The van der Waals surface area contributed by atoms with E-state index in [1.54, 1.807) is 7.11 Å². The number of aliphatic hydroxyl groups is 1. The molecule has 0 bridgehead atoms. The van der Waals surface area contributed by atoms with E-state index in [4.69, 9.17) is 4.74 Å². The zero-order valence-corrected chi connectivity index (χ0v) is 10.7. The third-order valence-electron chi connectivity index (χ3n) is 3.22. The van der Waals surface area contributed by atoms with Crippen LogP contribution >= 0.6 is 0 Å². The molecule has 5 nitrogen and oxygen atoms in total. The summed E-state index contributed by atoms with van der Waals surface area (Å²) >= 11 is 0. The highest BCUT2D eigenvalue weighted by Gasteiger charge is 2.23. The summed E-state index contributed by atoms with van der Waals surface area (Å²) < 4.78 is 4.86. The monoisotopic (exact) mass is 244 g/mol. The summed E-state index contributed by atoms with van der Waals surface area (Å²) in [4.78, 5) is 11.6. The molecular weight excluding hydrogens is 220 g/mol. The minimum atomic E-state index is -0.190. The quantitative estimate of drug-likeness (QED) is 0.546. The molecule has 0 aliphatic heterocycles. The van der Waals surface area contributed by atoms with Gasteiger partial charge in [0.05, 0.1) is 18.8 Å². The van der Waals surface area contributed by atoms with E-state index in [0.717, 1.165) is 25.8 Å². The predicted molar refractivity (Wildman–Crippen MR) is 65.7 cm³/mol. The van der Waals surface area contributed by atoms with Gasteiger partial charge in [-0.2, -0.15) is 0 Å². The summed E-state index contributed by atoms with van der Waals surface area (Å²) in [5.41, 5.74) is 0. The van der Waals surface area contributed by atoms with Crippen LogP contribution in [0, 0.1) is 5.92 Å². The molecule has 0 saturated heterocycles. The number of amides is 1. The highest BCUT2D eigenvalue weighted by atomic mass is 16.5. The van der Waals surface area contributed by atoms with Gasteiger partial charge in [-0.15, -0.1) is 0 Å². The second-order valence-electron chi connectivity index (χ2n) is 4.75. The Bertz CT molecular complexity index is 236. The average molecular weight is 244 g/mol. The molecule has 3 N–H and O–H groups in total. The number of hydrogen-bond acceptors (Lipinski definition) is 4. The van der Waals surface area contributed by atoms with E-state index in [1.165, 1.54) is 0 Å². The van der Waals surface area contributed by atoms with Gasteiger partial charge in [0.2, 0.25) is 5.91 Å². The van der Waals surface area contributed by atoms with Crippen LogP contribution in [0.25, 0.3) is 0 Å². The van der Waals surface area contributed by atoms with Gasteiger partial charge >= 0.3 is 0 Å².